The molecule has 3 aromatic rings. The zero-order valence-electron chi connectivity index (χ0n) is 14.8. The highest BCUT2D eigenvalue weighted by molar-refractivity contribution is 5.56. The third-order valence-corrected chi connectivity index (χ3v) is 3.88. The summed E-state index contributed by atoms with van der Waals surface area (Å²) in [6.45, 7) is 2.15. The topological polar surface area (TPSA) is 64.7 Å². The van der Waals surface area contributed by atoms with Crippen molar-refractivity contribution in [1.29, 1.82) is 0 Å². The van der Waals surface area contributed by atoms with E-state index in [1.165, 1.54) is 0 Å². The van der Waals surface area contributed by atoms with Crippen molar-refractivity contribution < 1.29 is 19.0 Å². The molecule has 0 saturated heterocycles. The van der Waals surface area contributed by atoms with Gasteiger partial charge in [0.05, 0.1) is 13.7 Å². The van der Waals surface area contributed by atoms with Crippen LogP contribution in [0.3, 0.4) is 0 Å². The molecule has 0 radical (unpaired) electrons. The van der Waals surface area contributed by atoms with Crippen molar-refractivity contribution in [2.24, 2.45) is 0 Å². The molecule has 2 aromatic carbocycles. The fourth-order valence-electron chi connectivity index (χ4n) is 2.51. The minimum absolute atomic E-state index is 0.00422. The Morgan fingerprint density at radius 2 is 1.92 bits per heavy atom. The maximum atomic E-state index is 8.87. The van der Waals surface area contributed by atoms with Gasteiger partial charge in [0.25, 0.3) is 0 Å². The van der Waals surface area contributed by atoms with Crippen molar-refractivity contribution in [2.45, 2.75) is 13.5 Å². The molecular weight excluding hydrogens is 330 g/mol. The summed E-state index contributed by atoms with van der Waals surface area (Å²) in [5, 5.41) is 8.87. The van der Waals surface area contributed by atoms with E-state index in [9.17, 15) is 0 Å². The number of rotatable bonds is 7. The maximum Gasteiger partial charge on any atom is 0.226 e. The van der Waals surface area contributed by atoms with E-state index in [2.05, 4.69) is 4.98 Å². The Bertz CT molecular complexity index is 884. The number of ether oxygens (including phenoxy) is 2. The van der Waals surface area contributed by atoms with E-state index in [-0.39, 0.29) is 13.2 Å². The molecule has 5 heteroatoms. The first kappa shape index (κ1) is 17.8. The number of nitrogens with zero attached hydrogens (tertiary/aromatic N) is 1. The molecule has 0 bridgehead atoms. The molecule has 0 fully saturated rings. The summed E-state index contributed by atoms with van der Waals surface area (Å²) in [7, 11) is 1.59. The molecule has 3 rings (SSSR count). The number of aliphatic hydroxyl groups is 1. The van der Waals surface area contributed by atoms with Gasteiger partial charge in [0.1, 0.15) is 18.1 Å². The summed E-state index contributed by atoms with van der Waals surface area (Å²) in [4.78, 5) is 4.54. The highest BCUT2D eigenvalue weighted by Gasteiger charge is 2.13. The van der Waals surface area contributed by atoms with E-state index in [0.717, 1.165) is 22.6 Å². The Balaban J connectivity index is 1.75. The molecule has 0 aliphatic rings. The first-order valence-corrected chi connectivity index (χ1v) is 8.31. The Kier molecular flexibility index (Phi) is 5.71. The zero-order valence-corrected chi connectivity index (χ0v) is 14.8. The number of aliphatic hydroxyl groups excluding tert-OH is 1. The van der Waals surface area contributed by atoms with Gasteiger partial charge >= 0.3 is 0 Å². The molecule has 1 N–H and O–H groups in total. The predicted molar refractivity (Wildman–Crippen MR) is 100 cm³/mol. The van der Waals surface area contributed by atoms with E-state index >= 15 is 0 Å². The monoisotopic (exact) mass is 351 g/mol. The van der Waals surface area contributed by atoms with Gasteiger partial charge in [-0.15, -0.1) is 0 Å². The maximum absolute atomic E-state index is 8.87. The molecule has 0 spiro atoms. The van der Waals surface area contributed by atoms with E-state index in [1.54, 1.807) is 13.2 Å². The van der Waals surface area contributed by atoms with Crippen molar-refractivity contribution in [3.05, 3.63) is 71.6 Å². The molecule has 0 unspecified atom stereocenters. The second-order valence-electron chi connectivity index (χ2n) is 5.67. The van der Waals surface area contributed by atoms with Crippen molar-refractivity contribution in [2.75, 3.05) is 13.7 Å². The van der Waals surface area contributed by atoms with Crippen LogP contribution in [0.1, 0.15) is 17.0 Å². The minimum atomic E-state index is -0.00422. The first-order chi connectivity index (χ1) is 12.7. The minimum Gasteiger partial charge on any atom is -0.493 e. The molecule has 0 aliphatic carbocycles. The molecule has 26 heavy (non-hydrogen) atoms. The Morgan fingerprint density at radius 1 is 1.12 bits per heavy atom. The lowest BCUT2D eigenvalue weighted by Crippen LogP contribution is -1.99. The van der Waals surface area contributed by atoms with Crippen molar-refractivity contribution in [3.63, 3.8) is 0 Å². The van der Waals surface area contributed by atoms with Crippen LogP contribution in [-0.2, 0) is 6.61 Å². The molecule has 0 atom stereocenters. The van der Waals surface area contributed by atoms with E-state index in [0.29, 0.717) is 17.4 Å². The van der Waals surface area contributed by atoms with E-state index in [1.807, 2.05) is 61.5 Å². The SMILES string of the molecule is COc1cc(/C=C/CO)ccc1OCc1nc(-c2ccccc2)oc1C. The predicted octanol–water partition coefficient (Wildman–Crippen LogP) is 4.24. The second kappa shape index (κ2) is 8.36. The van der Waals surface area contributed by atoms with Crippen molar-refractivity contribution in [1.82, 2.24) is 4.98 Å². The van der Waals surface area contributed by atoms with Gasteiger partial charge in [0, 0.05) is 5.56 Å². The van der Waals surface area contributed by atoms with Crippen molar-refractivity contribution in [3.8, 4) is 23.0 Å². The van der Waals surface area contributed by atoms with Gasteiger partial charge in [0.2, 0.25) is 5.89 Å². The van der Waals surface area contributed by atoms with Crippen LogP contribution in [-0.4, -0.2) is 23.8 Å². The fraction of sp³-hybridized carbons (Fsp3) is 0.190. The fourth-order valence-corrected chi connectivity index (χ4v) is 2.51. The molecule has 1 aromatic heterocycles. The number of benzene rings is 2. The molecular formula is C21H21NO4. The zero-order chi connectivity index (χ0) is 18.4. The summed E-state index contributed by atoms with van der Waals surface area (Å²) in [5.41, 5.74) is 2.60. The van der Waals surface area contributed by atoms with Gasteiger partial charge in [-0.3, -0.25) is 0 Å². The number of methoxy groups -OCH3 is 1. The highest BCUT2D eigenvalue weighted by Crippen LogP contribution is 2.30. The largest absolute Gasteiger partial charge is 0.493 e. The van der Waals surface area contributed by atoms with E-state index < -0.39 is 0 Å². The second-order valence-corrected chi connectivity index (χ2v) is 5.67. The summed E-state index contributed by atoms with van der Waals surface area (Å²) >= 11 is 0. The van der Waals surface area contributed by atoms with Crippen LogP contribution < -0.4 is 9.47 Å². The van der Waals surface area contributed by atoms with Crippen LogP contribution in [0.15, 0.2) is 59.0 Å². The van der Waals surface area contributed by atoms with Crippen molar-refractivity contribution >= 4 is 6.08 Å². The smallest absolute Gasteiger partial charge is 0.226 e. The molecule has 0 saturated carbocycles. The van der Waals surface area contributed by atoms with Gasteiger partial charge in [-0.25, -0.2) is 4.98 Å². The lowest BCUT2D eigenvalue weighted by molar-refractivity contribution is 0.279. The number of oxazole rings is 1. The van der Waals surface area contributed by atoms with E-state index in [4.69, 9.17) is 19.0 Å². The number of hydrogen-bond acceptors (Lipinski definition) is 5. The Labute approximate surface area is 152 Å². The molecule has 5 nitrogen and oxygen atoms in total. The lowest BCUT2D eigenvalue weighted by Gasteiger charge is -2.10. The van der Waals surface area contributed by atoms with Crippen LogP contribution in [0.4, 0.5) is 0 Å². The van der Waals surface area contributed by atoms with Crippen LogP contribution in [0, 0.1) is 6.92 Å². The first-order valence-electron chi connectivity index (χ1n) is 8.31. The van der Waals surface area contributed by atoms with Gasteiger partial charge in [-0.1, -0.05) is 36.4 Å². The number of aromatic nitrogens is 1. The summed E-state index contributed by atoms with van der Waals surface area (Å²) in [5.74, 6) is 2.55. The third kappa shape index (κ3) is 4.13. The van der Waals surface area contributed by atoms with Gasteiger partial charge < -0.3 is 19.0 Å². The van der Waals surface area contributed by atoms with Gasteiger partial charge in [0.15, 0.2) is 11.5 Å². The number of hydrogen-bond donors (Lipinski definition) is 1. The summed E-state index contributed by atoms with van der Waals surface area (Å²) in [6.07, 6.45) is 3.49. The quantitative estimate of drug-likeness (QED) is 0.690. The van der Waals surface area contributed by atoms with Crippen LogP contribution in [0.5, 0.6) is 11.5 Å². The molecule has 0 amide bonds. The Morgan fingerprint density at radius 3 is 2.65 bits per heavy atom. The van der Waals surface area contributed by atoms with Crippen LogP contribution in [0.25, 0.3) is 17.5 Å². The number of aryl methyl sites for hydroxylation is 1. The third-order valence-electron chi connectivity index (χ3n) is 3.88. The highest BCUT2D eigenvalue weighted by atomic mass is 16.5. The van der Waals surface area contributed by atoms with Gasteiger partial charge in [-0.05, 0) is 36.8 Å². The summed E-state index contributed by atoms with van der Waals surface area (Å²) in [6, 6.07) is 15.3. The average molecular weight is 351 g/mol. The van der Waals surface area contributed by atoms with Crippen LogP contribution >= 0.6 is 0 Å². The average Bonchev–Trinajstić information content (AvgIpc) is 3.06. The molecule has 0 aliphatic heterocycles. The van der Waals surface area contributed by atoms with Gasteiger partial charge in [-0.2, -0.15) is 0 Å². The summed E-state index contributed by atoms with van der Waals surface area (Å²) < 4.78 is 17.0. The Hall–Kier alpha value is -3.05. The molecule has 1 heterocycles. The lowest BCUT2D eigenvalue weighted by atomic mass is 10.2. The normalized spacial score (nSPS) is 11.0. The molecule has 134 valence electrons. The van der Waals surface area contributed by atoms with Crippen LogP contribution in [0.2, 0.25) is 0 Å². The standard InChI is InChI=1S/C21H21NO4/c1-15-18(22-21(26-15)17-8-4-3-5-9-17)14-25-19-11-10-16(7-6-12-23)13-20(19)24-2/h3-11,13,23H,12,14H2,1-2H3/b7-6+.